The Hall–Kier alpha value is -2.81. The van der Waals surface area contributed by atoms with E-state index in [1.54, 1.807) is 10.8 Å². The van der Waals surface area contributed by atoms with Crippen LogP contribution in [0.4, 0.5) is 5.13 Å². The molecule has 152 valence electrons. The lowest BCUT2D eigenvalue weighted by atomic mass is 10.1. The summed E-state index contributed by atoms with van der Waals surface area (Å²) in [6, 6.07) is 15.6. The second kappa shape index (κ2) is 8.91. The van der Waals surface area contributed by atoms with E-state index in [-0.39, 0.29) is 12.5 Å². The second-order valence-corrected chi connectivity index (χ2v) is 8.73. The highest BCUT2D eigenvalue weighted by Gasteiger charge is 2.14. The van der Waals surface area contributed by atoms with Crippen molar-refractivity contribution in [3.63, 3.8) is 0 Å². The predicted octanol–water partition coefficient (Wildman–Crippen LogP) is 5.26. The molecule has 0 aliphatic heterocycles. The summed E-state index contributed by atoms with van der Waals surface area (Å²) < 4.78 is 2.07. The van der Waals surface area contributed by atoms with E-state index in [1.165, 1.54) is 11.3 Å². The third-order valence-electron chi connectivity index (χ3n) is 4.44. The van der Waals surface area contributed by atoms with Crippen LogP contribution >= 0.6 is 35.2 Å². The summed E-state index contributed by atoms with van der Waals surface area (Å²) in [6.07, 6.45) is 2.47. The van der Waals surface area contributed by atoms with Crippen molar-refractivity contribution in [2.45, 2.75) is 19.9 Å². The van der Waals surface area contributed by atoms with Crippen LogP contribution < -0.4 is 5.32 Å². The van der Waals surface area contributed by atoms with Gasteiger partial charge in [0.25, 0.3) is 0 Å². The van der Waals surface area contributed by atoms with Crippen molar-refractivity contribution >= 4 is 46.2 Å². The summed E-state index contributed by atoms with van der Waals surface area (Å²) in [7, 11) is 0. The summed E-state index contributed by atoms with van der Waals surface area (Å²) in [6.45, 7) is 2.06. The van der Waals surface area contributed by atoms with Crippen molar-refractivity contribution in [3.05, 3.63) is 80.5 Å². The minimum absolute atomic E-state index is 0.0434. The predicted molar refractivity (Wildman–Crippen MR) is 123 cm³/mol. The van der Waals surface area contributed by atoms with Crippen molar-refractivity contribution in [2.24, 2.45) is 0 Å². The van der Waals surface area contributed by atoms with Gasteiger partial charge in [0.2, 0.25) is 5.91 Å². The number of carbonyl (C=O) groups is 1. The molecule has 0 aliphatic rings. The zero-order chi connectivity index (χ0) is 21.1. The number of hydrogen-bond donors (Lipinski definition) is 2. The van der Waals surface area contributed by atoms with Gasteiger partial charge in [0.05, 0.1) is 0 Å². The lowest BCUT2D eigenvalue weighted by Gasteiger charge is -2.07. The molecule has 0 saturated carbocycles. The Labute approximate surface area is 187 Å². The Kier molecular flexibility index (Phi) is 6.08. The highest BCUT2D eigenvalue weighted by molar-refractivity contribution is 7.71. The molecule has 4 rings (SSSR count). The number of amides is 1. The molecule has 0 fully saturated rings. The number of aryl methyl sites for hydroxylation is 1. The Morgan fingerprint density at radius 1 is 1.27 bits per heavy atom. The lowest BCUT2D eigenvalue weighted by molar-refractivity contribution is -0.116. The number of hydrogen-bond acceptors (Lipinski definition) is 5. The van der Waals surface area contributed by atoms with E-state index in [0.717, 1.165) is 21.6 Å². The minimum atomic E-state index is -0.218. The average molecular weight is 456 g/mol. The molecular weight excluding hydrogens is 438 g/mol. The Bertz CT molecular complexity index is 1240. The van der Waals surface area contributed by atoms with Crippen molar-refractivity contribution in [1.29, 1.82) is 0 Å². The average Bonchev–Trinajstić information content (AvgIpc) is 3.29. The zero-order valence-electron chi connectivity index (χ0n) is 16.1. The van der Waals surface area contributed by atoms with Crippen LogP contribution in [-0.2, 0) is 17.8 Å². The first-order valence-electron chi connectivity index (χ1n) is 9.19. The number of benzene rings is 2. The van der Waals surface area contributed by atoms with E-state index in [4.69, 9.17) is 23.8 Å². The van der Waals surface area contributed by atoms with Gasteiger partial charge in [0.1, 0.15) is 6.54 Å². The maximum Gasteiger partial charge on any atom is 0.246 e. The van der Waals surface area contributed by atoms with E-state index in [1.807, 2.05) is 55.5 Å². The van der Waals surface area contributed by atoms with E-state index < -0.39 is 0 Å². The molecule has 2 aromatic heterocycles. The number of halogens is 1. The van der Waals surface area contributed by atoms with E-state index in [2.05, 4.69) is 20.5 Å². The summed E-state index contributed by atoms with van der Waals surface area (Å²) in [5.74, 6) is 0.403. The fourth-order valence-electron chi connectivity index (χ4n) is 2.98. The van der Waals surface area contributed by atoms with Gasteiger partial charge in [0, 0.05) is 28.1 Å². The van der Waals surface area contributed by atoms with Gasteiger partial charge in [-0.25, -0.2) is 4.98 Å². The molecule has 1 amide bonds. The van der Waals surface area contributed by atoms with Gasteiger partial charge in [-0.05, 0) is 36.8 Å². The number of thiazole rings is 1. The first kappa shape index (κ1) is 20.5. The number of rotatable bonds is 6. The van der Waals surface area contributed by atoms with E-state index >= 15 is 0 Å². The normalized spacial score (nSPS) is 10.9. The molecule has 2 N–H and O–H groups in total. The minimum Gasteiger partial charge on any atom is -0.300 e. The molecule has 0 aliphatic carbocycles. The molecule has 0 radical (unpaired) electrons. The standard InChI is InChI=1S/C21H18ClN5OS2/c1-13-5-7-15(8-6-13)19-25-26-21(29)27(19)12-18(28)24-20-23-11-17(30-20)10-14-3-2-4-16(22)9-14/h2-9,11H,10,12H2,1H3,(H,26,29)(H,23,24,28). The molecule has 0 spiro atoms. The monoisotopic (exact) mass is 455 g/mol. The number of nitrogens with zero attached hydrogens (tertiary/aromatic N) is 3. The summed E-state index contributed by atoms with van der Waals surface area (Å²) in [4.78, 5) is 18.0. The van der Waals surface area contributed by atoms with Crippen LogP contribution in [0, 0.1) is 11.7 Å². The van der Waals surface area contributed by atoms with Crippen molar-refractivity contribution in [2.75, 3.05) is 5.32 Å². The van der Waals surface area contributed by atoms with Gasteiger partial charge in [-0.1, -0.05) is 53.6 Å². The maximum atomic E-state index is 12.6. The first-order valence-corrected chi connectivity index (χ1v) is 10.8. The van der Waals surface area contributed by atoms with Gasteiger partial charge in [-0.2, -0.15) is 5.10 Å². The highest BCUT2D eigenvalue weighted by atomic mass is 35.5. The van der Waals surface area contributed by atoms with Crippen LogP contribution in [0.1, 0.15) is 16.0 Å². The van der Waals surface area contributed by atoms with Crippen LogP contribution in [0.2, 0.25) is 5.02 Å². The lowest BCUT2D eigenvalue weighted by Crippen LogP contribution is -2.19. The van der Waals surface area contributed by atoms with Crippen molar-refractivity contribution in [1.82, 2.24) is 19.7 Å². The van der Waals surface area contributed by atoms with Crippen molar-refractivity contribution in [3.8, 4) is 11.4 Å². The van der Waals surface area contributed by atoms with E-state index in [0.29, 0.717) is 27.2 Å². The fourth-order valence-corrected chi connectivity index (χ4v) is 4.26. The third-order valence-corrected chi connectivity index (χ3v) is 5.90. The Balaban J connectivity index is 1.45. The van der Waals surface area contributed by atoms with Gasteiger partial charge < -0.3 is 5.32 Å². The summed E-state index contributed by atoms with van der Waals surface area (Å²) in [5.41, 5.74) is 3.13. The number of carbonyl (C=O) groups excluding carboxylic acids is 1. The molecule has 0 atom stereocenters. The van der Waals surface area contributed by atoms with E-state index in [9.17, 15) is 4.79 Å². The third kappa shape index (κ3) is 4.84. The topological polar surface area (TPSA) is 75.6 Å². The van der Waals surface area contributed by atoms with Crippen LogP contribution in [0.3, 0.4) is 0 Å². The summed E-state index contributed by atoms with van der Waals surface area (Å²) >= 11 is 12.8. The molecule has 6 nitrogen and oxygen atoms in total. The fraction of sp³-hybridized carbons (Fsp3) is 0.143. The number of aromatic nitrogens is 4. The van der Waals surface area contributed by atoms with Gasteiger partial charge >= 0.3 is 0 Å². The first-order chi connectivity index (χ1) is 14.5. The Morgan fingerprint density at radius 3 is 2.83 bits per heavy atom. The SMILES string of the molecule is Cc1ccc(-c2n[nH]c(=S)n2CC(=O)Nc2ncc(Cc3cccc(Cl)c3)s2)cc1. The largest absolute Gasteiger partial charge is 0.300 e. The molecule has 2 aromatic carbocycles. The number of nitrogens with one attached hydrogen (secondary N) is 2. The van der Waals surface area contributed by atoms with Gasteiger partial charge in [-0.15, -0.1) is 11.3 Å². The van der Waals surface area contributed by atoms with Crippen LogP contribution in [0.25, 0.3) is 11.4 Å². The number of H-pyrrole nitrogens is 1. The molecule has 30 heavy (non-hydrogen) atoms. The number of aromatic amines is 1. The second-order valence-electron chi connectivity index (χ2n) is 6.79. The van der Waals surface area contributed by atoms with Crippen molar-refractivity contribution < 1.29 is 4.79 Å². The quantitative estimate of drug-likeness (QED) is 0.389. The molecule has 0 bridgehead atoms. The smallest absolute Gasteiger partial charge is 0.246 e. The molecule has 4 aromatic rings. The Morgan fingerprint density at radius 2 is 2.07 bits per heavy atom. The zero-order valence-corrected chi connectivity index (χ0v) is 18.4. The molecule has 2 heterocycles. The van der Waals surface area contributed by atoms with Crippen LogP contribution in [0.15, 0.2) is 54.7 Å². The number of anilines is 1. The highest BCUT2D eigenvalue weighted by Crippen LogP contribution is 2.23. The summed E-state index contributed by atoms with van der Waals surface area (Å²) in [5, 5.41) is 11.1. The van der Waals surface area contributed by atoms with Gasteiger partial charge in [0.15, 0.2) is 15.7 Å². The van der Waals surface area contributed by atoms with Gasteiger partial charge in [-0.3, -0.25) is 14.5 Å². The molecule has 9 heteroatoms. The molecule has 0 saturated heterocycles. The molecule has 0 unspecified atom stereocenters. The maximum absolute atomic E-state index is 12.6. The van der Waals surface area contributed by atoms with Crippen LogP contribution in [-0.4, -0.2) is 25.7 Å². The van der Waals surface area contributed by atoms with Crippen LogP contribution in [0.5, 0.6) is 0 Å². The molecular formula is C21H18ClN5OS2.